The minimum absolute atomic E-state index is 0.00917. The largest absolute Gasteiger partial charge is 0.473 e. The van der Waals surface area contributed by atoms with Gasteiger partial charge < -0.3 is 38.5 Å². The average Bonchev–Trinajstić information content (AvgIpc) is 3.16. The molecule has 2 aliphatic heterocycles. The number of rotatable bonds is 12. The Morgan fingerprint density at radius 2 is 1.62 bits per heavy atom. The summed E-state index contributed by atoms with van der Waals surface area (Å²) in [6, 6.07) is 18.8. The summed E-state index contributed by atoms with van der Waals surface area (Å²) in [7, 11) is 1.34. The summed E-state index contributed by atoms with van der Waals surface area (Å²) in [6.07, 6.45) is -5.31. The predicted molar refractivity (Wildman–Crippen MR) is 210 cm³/mol. The van der Waals surface area contributed by atoms with E-state index >= 15 is 13.2 Å². The molecule has 12 nitrogen and oxygen atoms in total. The molecule has 3 aromatic carbocycles. The minimum Gasteiger partial charge on any atom is -0.473 e. The van der Waals surface area contributed by atoms with Gasteiger partial charge in [-0.3, -0.25) is 9.59 Å². The number of methoxy groups -OCH3 is 1. The number of carbonyl (C=O) groups is 4. The van der Waals surface area contributed by atoms with Crippen molar-refractivity contribution >= 4 is 29.7 Å². The van der Waals surface area contributed by atoms with E-state index in [2.05, 4.69) is 0 Å². The summed E-state index contributed by atoms with van der Waals surface area (Å²) in [5.74, 6) is -1.85. The monoisotopic (exact) mass is 810 g/mol. The Morgan fingerprint density at radius 3 is 2.21 bits per heavy atom. The summed E-state index contributed by atoms with van der Waals surface area (Å²) in [5.41, 5.74) is -2.97. The van der Waals surface area contributed by atoms with E-state index in [0.717, 1.165) is 23.3 Å². The van der Waals surface area contributed by atoms with Gasteiger partial charge in [0.25, 0.3) is 11.8 Å². The summed E-state index contributed by atoms with van der Waals surface area (Å²) in [6.45, 7) is 9.96. The van der Waals surface area contributed by atoms with Gasteiger partial charge >= 0.3 is 18.4 Å². The van der Waals surface area contributed by atoms with Crippen LogP contribution < -0.4 is 9.64 Å². The molecular formula is C43H53F3N4O8. The number of alkyl halides is 3. The average molecular weight is 811 g/mol. The molecule has 0 saturated carbocycles. The first kappa shape index (κ1) is 43.8. The highest BCUT2D eigenvalue weighted by Crippen LogP contribution is 2.45. The van der Waals surface area contributed by atoms with Gasteiger partial charge in [0.05, 0.1) is 29.5 Å². The molecule has 2 atom stereocenters. The molecule has 1 fully saturated rings. The molecule has 4 amide bonds. The molecule has 58 heavy (non-hydrogen) atoms. The Balaban J connectivity index is 1.52. The number of amides is 4. The Bertz CT molecular complexity index is 1920. The van der Waals surface area contributed by atoms with Gasteiger partial charge in [0.1, 0.15) is 18.0 Å². The number of halogens is 3. The van der Waals surface area contributed by atoms with E-state index in [1.54, 1.807) is 34.6 Å². The van der Waals surface area contributed by atoms with Gasteiger partial charge in [0, 0.05) is 45.9 Å². The zero-order valence-corrected chi connectivity index (χ0v) is 34.1. The quantitative estimate of drug-likeness (QED) is 0.181. The third kappa shape index (κ3) is 10.6. The lowest BCUT2D eigenvalue weighted by atomic mass is 9.96. The van der Waals surface area contributed by atoms with Gasteiger partial charge in [-0.2, -0.15) is 13.2 Å². The third-order valence-electron chi connectivity index (χ3n) is 9.88. The van der Waals surface area contributed by atoms with Crippen molar-refractivity contribution < 1.29 is 51.3 Å². The maximum atomic E-state index is 15.0. The van der Waals surface area contributed by atoms with Crippen molar-refractivity contribution in [2.45, 2.75) is 97.0 Å². The van der Waals surface area contributed by atoms with E-state index < -0.39 is 64.6 Å². The topological polar surface area (TPSA) is 118 Å². The lowest BCUT2D eigenvalue weighted by molar-refractivity contribution is -0.140. The van der Waals surface area contributed by atoms with Crippen LogP contribution in [0.15, 0.2) is 72.8 Å². The molecule has 0 aliphatic carbocycles. The van der Waals surface area contributed by atoms with Crippen LogP contribution >= 0.6 is 0 Å². The zero-order chi connectivity index (χ0) is 42.4. The Hall–Kier alpha value is -5.31. The number of nitrogens with zero attached hydrogens (tertiary/aromatic N) is 4. The van der Waals surface area contributed by atoms with Gasteiger partial charge in [-0.15, -0.1) is 0 Å². The van der Waals surface area contributed by atoms with Gasteiger partial charge in [-0.05, 0) is 77.6 Å². The number of hydrogen-bond acceptors (Lipinski definition) is 8. The first-order chi connectivity index (χ1) is 27.3. The molecule has 2 aliphatic rings. The van der Waals surface area contributed by atoms with Crippen molar-refractivity contribution in [3.63, 3.8) is 0 Å². The first-order valence-electron chi connectivity index (χ1n) is 19.4. The smallest absolute Gasteiger partial charge is 0.417 e. The minimum atomic E-state index is -5.00. The van der Waals surface area contributed by atoms with Crippen molar-refractivity contribution in [2.24, 2.45) is 0 Å². The molecule has 314 valence electrons. The van der Waals surface area contributed by atoms with E-state index in [0.29, 0.717) is 19.4 Å². The fourth-order valence-corrected chi connectivity index (χ4v) is 7.25. The highest BCUT2D eigenvalue weighted by molar-refractivity contribution is 6.05. The number of ether oxygens (including phenoxy) is 4. The van der Waals surface area contributed by atoms with Crippen molar-refractivity contribution in [3.8, 4) is 5.75 Å². The molecule has 0 radical (unpaired) electrons. The number of piperidine rings is 1. The van der Waals surface area contributed by atoms with Crippen molar-refractivity contribution in [1.82, 2.24) is 14.7 Å². The summed E-state index contributed by atoms with van der Waals surface area (Å²) < 4.78 is 67.6. The number of benzene rings is 3. The Labute approximate surface area is 337 Å². The summed E-state index contributed by atoms with van der Waals surface area (Å²) >= 11 is 0. The second kappa shape index (κ2) is 18.1. The van der Waals surface area contributed by atoms with Crippen molar-refractivity contribution in [2.75, 3.05) is 44.8 Å². The molecule has 0 N–H and O–H groups in total. The van der Waals surface area contributed by atoms with E-state index in [9.17, 15) is 19.2 Å². The molecule has 2 heterocycles. The molecule has 5 rings (SSSR count). The molecule has 0 aromatic heterocycles. The SMILES string of the molecule is COCC1(C)Oc2cc(C(F)(F)F)c(C(=O)N(C(C)C)[C@@H]3CCCN(C(=O)OC(C)(C)C)C3)cc2N(CCN(Cc2ccccc2)C(=O)OCc2ccccc2)C1=O. The van der Waals surface area contributed by atoms with Crippen molar-refractivity contribution in [3.05, 3.63) is 95.1 Å². The second-order valence-corrected chi connectivity index (χ2v) is 16.1. The van der Waals surface area contributed by atoms with E-state index in [-0.39, 0.29) is 50.8 Å². The van der Waals surface area contributed by atoms with Crippen LogP contribution in [0.5, 0.6) is 5.75 Å². The highest BCUT2D eigenvalue weighted by Gasteiger charge is 2.48. The number of fused-ring (bicyclic) bond motifs is 1. The van der Waals surface area contributed by atoms with Crippen LogP contribution in [0.3, 0.4) is 0 Å². The molecule has 0 spiro atoms. The summed E-state index contributed by atoms with van der Waals surface area (Å²) in [4.78, 5) is 61.0. The Kier molecular flexibility index (Phi) is 13.7. The van der Waals surface area contributed by atoms with E-state index in [4.69, 9.17) is 18.9 Å². The van der Waals surface area contributed by atoms with Gasteiger partial charge in [-0.25, -0.2) is 9.59 Å². The van der Waals surface area contributed by atoms with Crippen LogP contribution in [0, 0.1) is 0 Å². The molecule has 15 heteroatoms. The number of hydrogen-bond donors (Lipinski definition) is 0. The van der Waals surface area contributed by atoms with Crippen molar-refractivity contribution in [1.29, 1.82) is 0 Å². The zero-order valence-electron chi connectivity index (χ0n) is 34.1. The molecule has 0 bridgehead atoms. The van der Waals surface area contributed by atoms with E-state index in [1.807, 2.05) is 60.7 Å². The fourth-order valence-electron chi connectivity index (χ4n) is 7.25. The predicted octanol–water partition coefficient (Wildman–Crippen LogP) is 7.93. The lowest BCUT2D eigenvalue weighted by Gasteiger charge is -2.43. The first-order valence-corrected chi connectivity index (χ1v) is 19.4. The normalized spacial score (nSPS) is 18.3. The molecule has 1 unspecified atom stereocenters. The van der Waals surface area contributed by atoms with Gasteiger partial charge in [0.2, 0.25) is 5.60 Å². The number of carbonyl (C=O) groups excluding carboxylic acids is 4. The molecule has 3 aromatic rings. The lowest BCUT2D eigenvalue weighted by Crippen LogP contribution is -2.58. The maximum absolute atomic E-state index is 15.0. The standard InChI is InChI=1S/C43H53F3N4O8/c1-29(2)50(32-19-14-20-47(26-32)40(54)58-41(3,4)5)37(51)33-23-35-36(24-34(33)43(44,45)46)57-42(6,28-55-7)38(52)49(35)22-21-48(25-30-15-10-8-11-16-30)39(53)56-27-31-17-12-9-13-18-31/h8-13,15-18,23-24,29,32H,14,19-22,25-28H2,1-7H3/t32-,42?/m1/s1. The van der Waals surface area contributed by atoms with Crippen LogP contribution in [0.25, 0.3) is 0 Å². The third-order valence-corrected chi connectivity index (χ3v) is 9.88. The molecule has 1 saturated heterocycles. The fraction of sp³-hybridized carbons (Fsp3) is 0.488. The van der Waals surface area contributed by atoms with Crippen LogP contribution in [0.4, 0.5) is 28.4 Å². The van der Waals surface area contributed by atoms with Gasteiger partial charge in [0.15, 0.2) is 0 Å². The van der Waals surface area contributed by atoms with Crippen LogP contribution in [-0.4, -0.2) is 102 Å². The van der Waals surface area contributed by atoms with Crippen LogP contribution in [0.2, 0.25) is 0 Å². The van der Waals surface area contributed by atoms with Crippen LogP contribution in [-0.2, 0) is 38.3 Å². The van der Waals surface area contributed by atoms with Crippen LogP contribution in [0.1, 0.15) is 81.4 Å². The summed E-state index contributed by atoms with van der Waals surface area (Å²) in [5, 5.41) is 0. The maximum Gasteiger partial charge on any atom is 0.417 e. The second-order valence-electron chi connectivity index (χ2n) is 16.1. The molecular weight excluding hydrogens is 757 g/mol. The van der Waals surface area contributed by atoms with Gasteiger partial charge in [-0.1, -0.05) is 60.7 Å². The Morgan fingerprint density at radius 1 is 0.983 bits per heavy atom. The number of likely N-dealkylation sites (tertiary alicyclic amines) is 1. The number of anilines is 1. The van der Waals surface area contributed by atoms with E-state index in [1.165, 1.54) is 33.6 Å². The highest BCUT2D eigenvalue weighted by atomic mass is 19.4.